The van der Waals surface area contributed by atoms with E-state index in [9.17, 15) is 9.18 Å². The van der Waals surface area contributed by atoms with Crippen LogP contribution in [0.3, 0.4) is 0 Å². The number of hydrogen-bond acceptors (Lipinski definition) is 3. The Balaban J connectivity index is 1.96. The molecule has 1 saturated carbocycles. The Hall–Kier alpha value is -1.27. The van der Waals surface area contributed by atoms with Crippen LogP contribution in [-0.2, 0) is 0 Å². The van der Waals surface area contributed by atoms with Crippen molar-refractivity contribution in [2.45, 2.75) is 36.6 Å². The van der Waals surface area contributed by atoms with E-state index in [1.54, 1.807) is 17.0 Å². The van der Waals surface area contributed by atoms with Gasteiger partial charge >= 0.3 is 6.03 Å². The van der Waals surface area contributed by atoms with Crippen LogP contribution in [0.1, 0.15) is 25.7 Å². The van der Waals surface area contributed by atoms with Crippen molar-refractivity contribution in [3.63, 3.8) is 0 Å². The number of halogens is 1. The zero-order valence-electron chi connectivity index (χ0n) is 12.1. The number of nitrogens with one attached hydrogen (secondary N) is 1. The monoisotopic (exact) mass is 312 g/mol. The van der Waals surface area contributed by atoms with Gasteiger partial charge in [0.05, 0.1) is 0 Å². The van der Waals surface area contributed by atoms with E-state index in [1.165, 1.54) is 17.8 Å². The lowest BCUT2D eigenvalue weighted by atomic mass is 10.3. The zero-order valence-corrected chi connectivity index (χ0v) is 13.0. The van der Waals surface area contributed by atoms with Crippen molar-refractivity contribution in [1.29, 1.82) is 0 Å². The molecule has 0 radical (unpaired) electrons. The van der Waals surface area contributed by atoms with Crippen LogP contribution in [-0.4, -0.2) is 41.5 Å². The smallest absolute Gasteiger partial charge is 0.322 e. The molecule has 0 bridgehead atoms. The third-order valence-electron chi connectivity index (χ3n) is 3.46. The second-order valence-electron chi connectivity index (χ2n) is 5.13. The maximum Gasteiger partial charge on any atom is 0.322 e. The molecule has 6 heteroatoms. The van der Waals surface area contributed by atoms with Crippen molar-refractivity contribution in [1.82, 2.24) is 4.90 Å². The van der Waals surface area contributed by atoms with E-state index in [1.807, 2.05) is 6.26 Å². The third-order valence-corrected chi connectivity index (χ3v) is 4.23. The Morgan fingerprint density at radius 3 is 2.81 bits per heavy atom. The first-order chi connectivity index (χ1) is 10.2. The van der Waals surface area contributed by atoms with Gasteiger partial charge in [0.15, 0.2) is 0 Å². The molecule has 1 aliphatic rings. The molecule has 0 aliphatic heterocycles. The van der Waals surface area contributed by atoms with Crippen molar-refractivity contribution >= 4 is 23.5 Å². The summed E-state index contributed by atoms with van der Waals surface area (Å²) in [6.45, 7) is 0.768. The van der Waals surface area contributed by atoms with Gasteiger partial charge < -0.3 is 15.3 Å². The second-order valence-corrected chi connectivity index (χ2v) is 5.98. The number of hydrogen-bond donors (Lipinski definition) is 2. The molecule has 0 saturated heterocycles. The van der Waals surface area contributed by atoms with Crippen molar-refractivity contribution in [3.05, 3.63) is 24.0 Å². The van der Waals surface area contributed by atoms with E-state index in [0.717, 1.165) is 19.3 Å². The van der Waals surface area contributed by atoms with Gasteiger partial charge in [-0.1, -0.05) is 0 Å². The van der Waals surface area contributed by atoms with Crippen molar-refractivity contribution in [3.8, 4) is 0 Å². The zero-order chi connectivity index (χ0) is 15.2. The van der Waals surface area contributed by atoms with Gasteiger partial charge in [-0.05, 0) is 50.1 Å². The summed E-state index contributed by atoms with van der Waals surface area (Å²) in [5, 5.41) is 11.6. The predicted octanol–water partition coefficient (Wildman–Crippen LogP) is 3.32. The number of thioether (sulfide) groups is 1. The third kappa shape index (κ3) is 4.61. The average Bonchev–Trinajstić information content (AvgIpc) is 3.28. The Bertz CT molecular complexity index is 495. The number of nitrogens with zero attached hydrogens (tertiary/aromatic N) is 1. The van der Waals surface area contributed by atoms with E-state index >= 15 is 0 Å². The molecule has 116 valence electrons. The van der Waals surface area contributed by atoms with Gasteiger partial charge in [-0.2, -0.15) is 0 Å². The van der Waals surface area contributed by atoms with Gasteiger partial charge in [-0.3, -0.25) is 0 Å². The summed E-state index contributed by atoms with van der Waals surface area (Å²) in [5.74, 6) is -0.321. The lowest BCUT2D eigenvalue weighted by molar-refractivity contribution is 0.204. The molecule has 0 unspecified atom stereocenters. The van der Waals surface area contributed by atoms with Gasteiger partial charge in [-0.25, -0.2) is 9.18 Å². The first-order valence-corrected chi connectivity index (χ1v) is 8.40. The maximum atomic E-state index is 13.7. The predicted molar refractivity (Wildman–Crippen MR) is 83.2 cm³/mol. The second kappa shape index (κ2) is 7.66. The molecule has 2 N–H and O–H groups in total. The molecule has 0 spiro atoms. The Labute approximate surface area is 128 Å². The highest BCUT2D eigenvalue weighted by Gasteiger charge is 2.32. The topological polar surface area (TPSA) is 52.6 Å². The molecule has 1 fully saturated rings. The highest BCUT2D eigenvalue weighted by atomic mass is 32.2. The van der Waals surface area contributed by atoms with Crippen LogP contribution < -0.4 is 5.32 Å². The number of rotatable bonds is 7. The number of anilines is 1. The molecule has 1 aromatic carbocycles. The summed E-state index contributed by atoms with van der Waals surface area (Å²) in [6, 6.07) is 4.84. The Morgan fingerprint density at radius 2 is 2.24 bits per heavy atom. The molecule has 1 aliphatic carbocycles. The number of amides is 2. The minimum absolute atomic E-state index is 0.140. The summed E-state index contributed by atoms with van der Waals surface area (Å²) in [7, 11) is 0. The molecule has 1 aromatic rings. The normalized spacial score (nSPS) is 14.0. The van der Waals surface area contributed by atoms with Gasteiger partial charge in [0.25, 0.3) is 0 Å². The number of aliphatic hydroxyl groups is 1. The minimum Gasteiger partial charge on any atom is -0.396 e. The van der Waals surface area contributed by atoms with E-state index in [0.29, 0.717) is 29.6 Å². The van der Waals surface area contributed by atoms with Crippen molar-refractivity contribution in [2.24, 2.45) is 0 Å². The summed E-state index contributed by atoms with van der Waals surface area (Å²) >= 11 is 1.34. The van der Waals surface area contributed by atoms with Gasteiger partial charge in [-0.15, -0.1) is 11.8 Å². The number of carbonyl (C=O) groups excluding carboxylic acids is 1. The molecule has 4 nitrogen and oxygen atoms in total. The van der Waals surface area contributed by atoms with Crippen LogP contribution in [0.15, 0.2) is 23.1 Å². The standard InChI is InChI=1S/C15H21FN2O2S/c1-21-14-7-4-11(10-13(14)16)17-15(20)18(12-5-6-12)8-2-3-9-19/h4,7,10,12,19H,2-3,5-6,8-9H2,1H3,(H,17,20). The lowest BCUT2D eigenvalue weighted by Gasteiger charge is -2.22. The molecular formula is C15H21FN2O2S. The fourth-order valence-electron chi connectivity index (χ4n) is 2.17. The number of urea groups is 1. The molecule has 21 heavy (non-hydrogen) atoms. The van der Waals surface area contributed by atoms with E-state index in [2.05, 4.69) is 5.32 Å². The lowest BCUT2D eigenvalue weighted by Crippen LogP contribution is -2.37. The first-order valence-electron chi connectivity index (χ1n) is 7.17. The van der Waals surface area contributed by atoms with Gasteiger partial charge in [0, 0.05) is 29.8 Å². The van der Waals surface area contributed by atoms with Crippen LogP contribution in [0.5, 0.6) is 0 Å². The summed E-state index contributed by atoms with van der Waals surface area (Å²) in [6.07, 6.45) is 5.32. The summed E-state index contributed by atoms with van der Waals surface area (Å²) < 4.78 is 13.7. The van der Waals surface area contributed by atoms with E-state index < -0.39 is 0 Å². The van der Waals surface area contributed by atoms with Crippen LogP contribution >= 0.6 is 11.8 Å². The average molecular weight is 312 g/mol. The maximum absolute atomic E-state index is 13.7. The quantitative estimate of drug-likeness (QED) is 0.600. The van der Waals surface area contributed by atoms with E-state index in [4.69, 9.17) is 5.11 Å². The molecule has 0 aromatic heterocycles. The molecule has 2 amide bonds. The van der Waals surface area contributed by atoms with Gasteiger partial charge in [0.2, 0.25) is 0 Å². The summed E-state index contributed by atoms with van der Waals surface area (Å²) in [5.41, 5.74) is 0.475. The molecule has 2 rings (SSSR count). The fraction of sp³-hybridized carbons (Fsp3) is 0.533. The first kappa shape index (κ1) is 16.1. The van der Waals surface area contributed by atoms with Gasteiger partial charge in [0.1, 0.15) is 5.82 Å². The molecule has 0 atom stereocenters. The van der Waals surface area contributed by atoms with Crippen LogP contribution in [0.25, 0.3) is 0 Å². The number of aliphatic hydroxyl groups excluding tert-OH is 1. The Morgan fingerprint density at radius 1 is 1.48 bits per heavy atom. The largest absolute Gasteiger partial charge is 0.396 e. The van der Waals surface area contributed by atoms with E-state index in [-0.39, 0.29) is 18.5 Å². The molecular weight excluding hydrogens is 291 g/mol. The SMILES string of the molecule is CSc1ccc(NC(=O)N(CCCCO)C2CC2)cc1F. The minimum atomic E-state index is -0.321. The Kier molecular flexibility index (Phi) is 5.87. The van der Waals surface area contributed by atoms with Crippen molar-refractivity contribution < 1.29 is 14.3 Å². The van der Waals surface area contributed by atoms with Crippen LogP contribution in [0, 0.1) is 5.82 Å². The summed E-state index contributed by atoms with van der Waals surface area (Å²) in [4.78, 5) is 14.6. The fourth-order valence-corrected chi connectivity index (χ4v) is 2.63. The molecule has 0 heterocycles. The van der Waals surface area contributed by atoms with Crippen LogP contribution in [0.4, 0.5) is 14.9 Å². The number of unbranched alkanes of at least 4 members (excludes halogenated alkanes) is 1. The number of benzene rings is 1. The van der Waals surface area contributed by atoms with Crippen LogP contribution in [0.2, 0.25) is 0 Å². The number of carbonyl (C=O) groups is 1. The highest BCUT2D eigenvalue weighted by molar-refractivity contribution is 7.98. The highest BCUT2D eigenvalue weighted by Crippen LogP contribution is 2.28. The van der Waals surface area contributed by atoms with Crippen molar-refractivity contribution in [2.75, 3.05) is 24.7 Å².